The van der Waals surface area contributed by atoms with Gasteiger partial charge < -0.3 is 35.6 Å². The molecule has 28 heavy (non-hydrogen) atoms. The minimum Gasteiger partial charge on any atom is -0.857 e. The van der Waals surface area contributed by atoms with E-state index in [9.17, 15) is 33.5 Å². The molecule has 1 aliphatic rings. The van der Waals surface area contributed by atoms with Gasteiger partial charge in [0.05, 0.1) is 12.9 Å². The van der Waals surface area contributed by atoms with Gasteiger partial charge in [0.25, 0.3) is 0 Å². The molecule has 3 heterocycles. The van der Waals surface area contributed by atoms with E-state index in [-0.39, 0.29) is 17.1 Å². The molecule has 0 radical (unpaired) electrons. The summed E-state index contributed by atoms with van der Waals surface area (Å²) in [6.45, 7) is -0.959. The minimum absolute atomic E-state index is 0.115. The number of halogens is 1. The van der Waals surface area contributed by atoms with Crippen LogP contribution in [0.2, 0.25) is 0 Å². The van der Waals surface area contributed by atoms with E-state index in [2.05, 4.69) is 23.8 Å². The molecule has 0 amide bonds. The predicted octanol–water partition coefficient (Wildman–Crippen LogP) is -2.33. The monoisotopic (exact) mass is 443 g/mol. The summed E-state index contributed by atoms with van der Waals surface area (Å²) in [4.78, 5) is 30.4. The van der Waals surface area contributed by atoms with Crippen LogP contribution in [0.25, 0.3) is 11.2 Å². The number of phosphoric acid groups is 1. The van der Waals surface area contributed by atoms with Crippen molar-refractivity contribution < 1.29 is 52.0 Å². The zero-order valence-electron chi connectivity index (χ0n) is 13.4. The number of anilines is 1. The maximum Gasteiger partial charge on any atom is 0.478 e. The second kappa shape index (κ2) is 7.26. The van der Waals surface area contributed by atoms with E-state index < -0.39 is 52.8 Å². The Morgan fingerprint density at radius 3 is 2.68 bits per heavy atom. The van der Waals surface area contributed by atoms with Crippen LogP contribution in [0.3, 0.4) is 0 Å². The molecule has 1 aliphatic heterocycles. The fraction of sp³-hybridized carbons (Fsp3) is 0.500. The lowest BCUT2D eigenvalue weighted by Crippen LogP contribution is -2.33. The molecule has 0 saturated carbocycles. The van der Waals surface area contributed by atoms with Gasteiger partial charge in [-0.05, 0) is 0 Å². The van der Waals surface area contributed by atoms with Crippen LogP contribution in [-0.4, -0.2) is 59.5 Å². The lowest BCUT2D eigenvalue weighted by Gasteiger charge is -2.20. The summed E-state index contributed by atoms with van der Waals surface area (Å²) in [7, 11) is -11.4. The Morgan fingerprint density at radius 2 is 2.04 bits per heavy atom. The van der Waals surface area contributed by atoms with Crippen LogP contribution in [0.4, 0.5) is 10.1 Å². The average Bonchev–Trinajstić information content (AvgIpc) is 3.06. The van der Waals surface area contributed by atoms with Crippen molar-refractivity contribution in [1.29, 1.82) is 0 Å². The van der Waals surface area contributed by atoms with Gasteiger partial charge in [-0.15, -0.1) is 0 Å². The Bertz CT molecular complexity index is 983. The smallest absolute Gasteiger partial charge is 0.478 e. The molecule has 3 rings (SSSR count). The van der Waals surface area contributed by atoms with Crippen molar-refractivity contribution >= 4 is 32.8 Å². The van der Waals surface area contributed by atoms with E-state index in [4.69, 9.17) is 15.4 Å². The number of ether oxygens (including phenoxy) is 1. The molecule has 0 spiro atoms. The van der Waals surface area contributed by atoms with E-state index >= 15 is 0 Å². The van der Waals surface area contributed by atoms with Gasteiger partial charge in [0.15, 0.2) is 11.9 Å². The van der Waals surface area contributed by atoms with Gasteiger partial charge in [-0.3, -0.25) is 13.7 Å². The van der Waals surface area contributed by atoms with Crippen LogP contribution in [0.1, 0.15) is 6.23 Å². The second-order valence-electron chi connectivity index (χ2n) is 5.53. The zero-order chi connectivity index (χ0) is 20.9. The number of imidazole rings is 1. The largest absolute Gasteiger partial charge is 0.857 e. The third kappa shape index (κ3) is 4.30. The van der Waals surface area contributed by atoms with Crippen molar-refractivity contribution in [3.05, 3.63) is 6.33 Å². The first-order chi connectivity index (χ1) is 12.9. The minimum atomic E-state index is -6.07. The van der Waals surface area contributed by atoms with Gasteiger partial charge in [-0.1, -0.05) is 0 Å². The second-order valence-corrected chi connectivity index (χ2v) is 8.24. The predicted molar refractivity (Wildman–Crippen MR) is 80.7 cm³/mol. The molecule has 1 saturated heterocycles. The summed E-state index contributed by atoms with van der Waals surface area (Å²) in [5, 5.41) is 31.9. The van der Waals surface area contributed by atoms with E-state index in [1.54, 1.807) is 0 Å². The summed E-state index contributed by atoms with van der Waals surface area (Å²) >= 11 is 0. The topological polar surface area (TPSA) is 238 Å². The number of hydrogen-bond acceptors (Lipinski definition) is 13. The lowest BCUT2D eigenvalue weighted by molar-refractivity contribution is -0.272. The number of fused-ring (bicyclic) bond motifs is 1. The normalized spacial score (nSPS) is 29.6. The lowest BCUT2D eigenvalue weighted by atomic mass is 10.1. The highest BCUT2D eigenvalue weighted by molar-refractivity contribution is 7.60. The van der Waals surface area contributed by atoms with Crippen molar-refractivity contribution in [2.24, 2.45) is 0 Å². The number of nitrogens with two attached hydrogens (primary N) is 1. The fourth-order valence-corrected chi connectivity index (χ4v) is 4.01. The Balaban J connectivity index is 1.78. The molecule has 1 fully saturated rings. The van der Waals surface area contributed by atoms with E-state index in [0.717, 1.165) is 10.9 Å². The highest BCUT2D eigenvalue weighted by atomic mass is 31.3. The Morgan fingerprint density at radius 1 is 1.36 bits per heavy atom. The van der Waals surface area contributed by atoms with Crippen molar-refractivity contribution in [2.75, 3.05) is 12.3 Å². The molecule has 0 bridgehead atoms. The standard InChI is InChI=1S/C10H14FN5O10P2/c11-27(20,21)26-28(22,23)24-1-3-5(17)6(18)9(25-3)16-2-13-4-7(16)14-10(12)15-8(4)19/h2-3,5-6,9,17-18H,1H2,(H,20,21)(H,22,23)(H3,12,14,15,19)/p-2/t3-,5-,6-,9-/m1/s1. The summed E-state index contributed by atoms with van der Waals surface area (Å²) in [5.41, 5.74) is 5.09. The SMILES string of the molecule is Nc1nc([O-])c2ncn([C@@H]3O[C@H](COP(=O)(O)OP(=O)([O-])F)[C@@H](O)[C@H]3O)c2n1. The van der Waals surface area contributed by atoms with Crippen molar-refractivity contribution in [3.63, 3.8) is 0 Å². The van der Waals surface area contributed by atoms with Gasteiger partial charge in [0.2, 0.25) is 5.95 Å². The van der Waals surface area contributed by atoms with E-state index in [1.807, 2.05) is 0 Å². The highest BCUT2D eigenvalue weighted by Gasteiger charge is 2.45. The fourth-order valence-electron chi connectivity index (χ4n) is 2.50. The molecule has 6 atom stereocenters. The van der Waals surface area contributed by atoms with Crippen molar-refractivity contribution in [2.45, 2.75) is 24.5 Å². The van der Waals surface area contributed by atoms with Crippen molar-refractivity contribution in [1.82, 2.24) is 19.5 Å². The number of aromatic nitrogens is 4. The highest BCUT2D eigenvalue weighted by Crippen LogP contribution is 2.58. The van der Waals surface area contributed by atoms with E-state index in [0.29, 0.717) is 0 Å². The molecule has 156 valence electrons. The van der Waals surface area contributed by atoms with Crippen LogP contribution in [0.15, 0.2) is 6.33 Å². The van der Waals surface area contributed by atoms with Crippen molar-refractivity contribution in [3.8, 4) is 5.88 Å². The van der Waals surface area contributed by atoms with Crippen LogP contribution in [0.5, 0.6) is 5.88 Å². The molecule has 2 unspecified atom stereocenters. The Hall–Kier alpha value is -1.74. The summed E-state index contributed by atoms with van der Waals surface area (Å²) in [5.74, 6) is -1.17. The summed E-state index contributed by atoms with van der Waals surface area (Å²) < 4.78 is 47.9. The number of aliphatic hydroxyl groups excluding tert-OH is 2. The first-order valence-electron chi connectivity index (χ1n) is 7.26. The molecular formula is C10H12FN5O10P2-2. The molecule has 2 aromatic rings. The number of nitrogens with zero attached hydrogens (tertiary/aromatic N) is 4. The van der Waals surface area contributed by atoms with Crippen LogP contribution in [-0.2, 0) is 22.7 Å². The average molecular weight is 443 g/mol. The van der Waals surface area contributed by atoms with Gasteiger partial charge >= 0.3 is 15.7 Å². The molecular weight excluding hydrogens is 431 g/mol. The van der Waals surface area contributed by atoms with Gasteiger partial charge in [0.1, 0.15) is 23.8 Å². The number of phosphoric ester groups is 1. The molecule has 15 nitrogen and oxygen atoms in total. The van der Waals surface area contributed by atoms with Crippen LogP contribution in [0, 0.1) is 0 Å². The summed E-state index contributed by atoms with van der Waals surface area (Å²) in [6, 6.07) is 0. The number of nitrogen functional groups attached to an aromatic ring is 1. The Labute approximate surface area is 154 Å². The number of aliphatic hydroxyl groups is 2. The summed E-state index contributed by atoms with van der Waals surface area (Å²) in [6.07, 6.45) is -5.15. The third-order valence-corrected chi connectivity index (χ3v) is 5.70. The van der Waals surface area contributed by atoms with E-state index in [1.165, 1.54) is 0 Å². The van der Waals surface area contributed by atoms with Gasteiger partial charge in [-0.25, -0.2) is 18.8 Å². The number of rotatable bonds is 6. The first kappa shape index (κ1) is 21.0. The quantitative estimate of drug-likeness (QED) is 0.343. The Kier molecular flexibility index (Phi) is 5.44. The maximum absolute atomic E-state index is 12.4. The molecule has 0 aromatic carbocycles. The molecule has 0 aliphatic carbocycles. The maximum atomic E-state index is 12.4. The van der Waals surface area contributed by atoms with Gasteiger partial charge in [0, 0.05) is 5.88 Å². The zero-order valence-corrected chi connectivity index (χ0v) is 15.2. The van der Waals surface area contributed by atoms with Gasteiger partial charge in [-0.2, -0.15) is 9.18 Å². The third-order valence-electron chi connectivity index (χ3n) is 3.62. The number of hydrogen-bond donors (Lipinski definition) is 4. The van der Waals surface area contributed by atoms with Crippen LogP contribution >= 0.6 is 15.7 Å². The van der Waals surface area contributed by atoms with Crippen LogP contribution < -0.4 is 15.7 Å². The molecule has 5 N–H and O–H groups in total. The first-order valence-corrected chi connectivity index (χ1v) is 10.2. The molecule has 18 heteroatoms. The molecule has 2 aromatic heterocycles.